The minimum Gasteiger partial charge on any atom is -0.466 e. The number of carbonyl (C=O) groups is 1. The van der Waals surface area contributed by atoms with Crippen molar-refractivity contribution in [1.82, 2.24) is 9.88 Å². The Labute approximate surface area is 195 Å². The van der Waals surface area contributed by atoms with Crippen LogP contribution in [0.4, 0.5) is 4.39 Å². The highest BCUT2D eigenvalue weighted by Gasteiger charge is 2.30. The second kappa shape index (κ2) is 9.52. The molecule has 1 fully saturated rings. The van der Waals surface area contributed by atoms with E-state index in [1.807, 2.05) is 12.1 Å². The number of rotatable bonds is 5. The van der Waals surface area contributed by atoms with E-state index in [4.69, 9.17) is 0 Å². The highest BCUT2D eigenvalue weighted by Crippen LogP contribution is 2.39. The molecular weight excluding hydrogens is 415 g/mol. The van der Waals surface area contributed by atoms with Crippen LogP contribution in [-0.4, -0.2) is 36.1 Å². The average Bonchev–Trinajstić information content (AvgIpc) is 3.19. The molecule has 0 aliphatic carbocycles. The molecule has 0 bridgehead atoms. The fourth-order valence-electron chi connectivity index (χ4n) is 4.88. The Balaban J connectivity index is 1.55. The van der Waals surface area contributed by atoms with Crippen molar-refractivity contribution in [3.63, 3.8) is 0 Å². The van der Waals surface area contributed by atoms with Gasteiger partial charge in [-0.15, -0.1) is 0 Å². The van der Waals surface area contributed by atoms with E-state index in [2.05, 4.69) is 59.7 Å². The monoisotopic (exact) mass is 448 g/mol. The molecule has 1 aliphatic heterocycles. The van der Waals surface area contributed by atoms with E-state index in [-0.39, 0.29) is 11.2 Å². The Morgan fingerprint density at radius 1 is 1.24 bits per heavy atom. The molecule has 0 saturated carbocycles. The number of fused-ring (bicyclic) bond motifs is 1. The number of ether oxygens (including phenoxy) is 1. The molecule has 1 aliphatic rings. The predicted molar refractivity (Wildman–Crippen MR) is 132 cm³/mol. The van der Waals surface area contributed by atoms with Crippen molar-refractivity contribution in [2.24, 2.45) is 0 Å². The quantitative estimate of drug-likeness (QED) is 0.375. The maximum Gasteiger partial charge on any atom is 0.330 e. The van der Waals surface area contributed by atoms with Crippen LogP contribution in [0.15, 0.2) is 48.5 Å². The number of aromatic amines is 1. The molecule has 0 spiro atoms. The van der Waals surface area contributed by atoms with Crippen LogP contribution in [-0.2, 0) is 21.5 Å². The third kappa shape index (κ3) is 5.19. The van der Waals surface area contributed by atoms with Gasteiger partial charge in [-0.3, -0.25) is 4.90 Å². The molecule has 3 aromatic rings. The predicted octanol–water partition coefficient (Wildman–Crippen LogP) is 6.17. The summed E-state index contributed by atoms with van der Waals surface area (Å²) in [6, 6.07) is 13.7. The van der Waals surface area contributed by atoms with E-state index in [1.54, 1.807) is 6.08 Å². The van der Waals surface area contributed by atoms with Gasteiger partial charge in [-0.25, -0.2) is 9.18 Å². The molecule has 1 N–H and O–H groups in total. The summed E-state index contributed by atoms with van der Waals surface area (Å²) in [4.78, 5) is 17.3. The number of nitrogens with one attached hydrogen (secondary N) is 1. The zero-order chi connectivity index (χ0) is 23.6. The largest absolute Gasteiger partial charge is 0.466 e. The van der Waals surface area contributed by atoms with Gasteiger partial charge in [-0.1, -0.05) is 51.1 Å². The molecule has 5 heteroatoms. The molecule has 1 atom stereocenters. The van der Waals surface area contributed by atoms with E-state index in [1.165, 1.54) is 41.4 Å². The number of aromatic nitrogens is 1. The van der Waals surface area contributed by atoms with E-state index in [0.717, 1.165) is 25.9 Å². The molecule has 4 nitrogen and oxygen atoms in total. The molecule has 174 valence electrons. The van der Waals surface area contributed by atoms with Crippen LogP contribution in [0.25, 0.3) is 17.0 Å². The first-order chi connectivity index (χ1) is 15.8. The van der Waals surface area contributed by atoms with Crippen molar-refractivity contribution in [2.45, 2.75) is 51.5 Å². The van der Waals surface area contributed by atoms with Gasteiger partial charge in [0.15, 0.2) is 0 Å². The molecule has 1 aromatic heterocycles. The highest BCUT2D eigenvalue weighted by atomic mass is 19.1. The summed E-state index contributed by atoms with van der Waals surface area (Å²) in [6.45, 7) is 9.23. The number of hydrogen-bond donors (Lipinski definition) is 1. The maximum absolute atomic E-state index is 14.8. The summed E-state index contributed by atoms with van der Waals surface area (Å²) in [6.07, 6.45) is 5.11. The van der Waals surface area contributed by atoms with Crippen LogP contribution in [0.1, 0.15) is 61.9 Å². The van der Waals surface area contributed by atoms with Crippen LogP contribution in [0.2, 0.25) is 0 Å². The topological polar surface area (TPSA) is 45.3 Å². The highest BCUT2D eigenvalue weighted by molar-refractivity contribution is 5.87. The fraction of sp³-hybridized carbons (Fsp3) is 0.393. The van der Waals surface area contributed by atoms with Crippen molar-refractivity contribution in [1.29, 1.82) is 0 Å². The standard InChI is InChI=1S/C28H33FN2O2/c1-28(2,3)27-26(22-9-5-6-10-24(22)30-27)21-8-7-15-31(18-21)17-20-13-11-19(16-23(20)29)12-14-25(32)33-4/h5-6,9-14,16,21,30H,7-8,15,17-18H2,1-4H3/b14-12+. The molecular formula is C28H33FN2O2. The van der Waals surface area contributed by atoms with Gasteiger partial charge in [0.05, 0.1) is 7.11 Å². The Morgan fingerprint density at radius 3 is 2.76 bits per heavy atom. The number of methoxy groups -OCH3 is 1. The second-order valence-electron chi connectivity index (χ2n) is 9.99. The number of carbonyl (C=O) groups excluding carboxylic acids is 1. The number of halogens is 1. The van der Waals surface area contributed by atoms with Gasteiger partial charge in [0.25, 0.3) is 0 Å². The van der Waals surface area contributed by atoms with E-state index in [0.29, 0.717) is 23.6 Å². The van der Waals surface area contributed by atoms with Crippen LogP contribution < -0.4 is 0 Å². The van der Waals surface area contributed by atoms with Gasteiger partial charge in [0, 0.05) is 46.7 Å². The van der Waals surface area contributed by atoms with Crippen LogP contribution in [0.3, 0.4) is 0 Å². The number of benzene rings is 2. The molecule has 4 rings (SSSR count). The SMILES string of the molecule is COC(=O)/C=C/c1ccc(CN2CCCC(c3c(C(C)(C)C)[nH]c4ccccc34)C2)c(F)c1. The minimum atomic E-state index is -0.453. The number of H-pyrrole nitrogens is 1. The molecule has 0 amide bonds. The zero-order valence-corrected chi connectivity index (χ0v) is 20.0. The Bertz CT molecular complexity index is 1170. The van der Waals surface area contributed by atoms with E-state index in [9.17, 15) is 9.18 Å². The molecule has 2 aromatic carbocycles. The van der Waals surface area contributed by atoms with Crippen LogP contribution in [0.5, 0.6) is 0 Å². The van der Waals surface area contributed by atoms with E-state index < -0.39 is 5.97 Å². The molecule has 33 heavy (non-hydrogen) atoms. The molecule has 1 saturated heterocycles. The van der Waals surface area contributed by atoms with Gasteiger partial charge in [-0.2, -0.15) is 0 Å². The third-order valence-electron chi connectivity index (χ3n) is 6.49. The molecule has 2 heterocycles. The summed E-state index contributed by atoms with van der Waals surface area (Å²) in [7, 11) is 1.32. The first-order valence-corrected chi connectivity index (χ1v) is 11.6. The maximum atomic E-state index is 14.8. The number of likely N-dealkylation sites (tertiary alicyclic amines) is 1. The van der Waals surface area contributed by atoms with Gasteiger partial charge in [0.1, 0.15) is 5.82 Å². The summed E-state index contributed by atoms with van der Waals surface area (Å²) in [5.74, 6) is -0.285. The number of piperidine rings is 1. The summed E-state index contributed by atoms with van der Waals surface area (Å²) in [5, 5.41) is 1.31. The average molecular weight is 449 g/mol. The lowest BCUT2D eigenvalue weighted by atomic mass is 9.81. The summed E-state index contributed by atoms with van der Waals surface area (Å²) < 4.78 is 19.4. The van der Waals surface area contributed by atoms with Crippen molar-refractivity contribution >= 4 is 22.9 Å². The lowest BCUT2D eigenvalue weighted by Gasteiger charge is -2.34. The normalized spacial score (nSPS) is 17.7. The Hall–Kier alpha value is -2.92. The lowest BCUT2D eigenvalue weighted by molar-refractivity contribution is -0.134. The molecule has 1 unspecified atom stereocenters. The van der Waals surface area contributed by atoms with Crippen molar-refractivity contribution in [3.8, 4) is 0 Å². The molecule has 0 radical (unpaired) electrons. The summed E-state index contributed by atoms with van der Waals surface area (Å²) >= 11 is 0. The zero-order valence-electron chi connectivity index (χ0n) is 20.0. The Kier molecular flexibility index (Phi) is 6.71. The van der Waals surface area contributed by atoms with Crippen LogP contribution in [0, 0.1) is 5.82 Å². The first kappa shape index (κ1) is 23.2. The van der Waals surface area contributed by atoms with Gasteiger partial charge >= 0.3 is 5.97 Å². The van der Waals surface area contributed by atoms with E-state index >= 15 is 0 Å². The van der Waals surface area contributed by atoms with Crippen molar-refractivity contribution < 1.29 is 13.9 Å². The second-order valence-corrected chi connectivity index (χ2v) is 9.99. The van der Waals surface area contributed by atoms with Crippen molar-refractivity contribution in [3.05, 3.63) is 76.7 Å². The number of nitrogens with zero attached hydrogens (tertiary/aromatic N) is 1. The third-order valence-corrected chi connectivity index (χ3v) is 6.49. The summed E-state index contributed by atoms with van der Waals surface area (Å²) in [5.41, 5.74) is 5.27. The number of hydrogen-bond acceptors (Lipinski definition) is 3. The lowest BCUT2D eigenvalue weighted by Crippen LogP contribution is -2.35. The van der Waals surface area contributed by atoms with Crippen molar-refractivity contribution in [2.75, 3.05) is 20.2 Å². The first-order valence-electron chi connectivity index (χ1n) is 11.6. The minimum absolute atomic E-state index is 0.0241. The van der Waals surface area contributed by atoms with Gasteiger partial charge in [-0.05, 0) is 54.6 Å². The fourth-order valence-corrected chi connectivity index (χ4v) is 4.88. The smallest absolute Gasteiger partial charge is 0.330 e. The van der Waals surface area contributed by atoms with Crippen LogP contribution >= 0.6 is 0 Å². The van der Waals surface area contributed by atoms with Gasteiger partial charge < -0.3 is 9.72 Å². The number of para-hydroxylation sites is 1. The van der Waals surface area contributed by atoms with Gasteiger partial charge in [0.2, 0.25) is 0 Å². The Morgan fingerprint density at radius 2 is 2.03 bits per heavy atom. The number of esters is 1.